The Morgan fingerprint density at radius 3 is 2.27 bits per heavy atom. The Morgan fingerprint density at radius 1 is 1.06 bits per heavy atom. The number of hydrogen-bond donors (Lipinski definition) is 3. The van der Waals surface area contributed by atoms with Crippen molar-refractivity contribution < 1.29 is 32.6 Å². The molecule has 1 fully saturated rings. The lowest BCUT2D eigenvalue weighted by Gasteiger charge is -2.42. The first-order valence-corrected chi connectivity index (χ1v) is 10.8. The summed E-state index contributed by atoms with van der Waals surface area (Å²) in [5.41, 5.74) is -1.38. The molecule has 0 bridgehead atoms. The van der Waals surface area contributed by atoms with Crippen molar-refractivity contribution in [3.63, 3.8) is 0 Å². The van der Waals surface area contributed by atoms with E-state index in [9.17, 15) is 32.6 Å². The third-order valence-corrected chi connectivity index (χ3v) is 7.19. The highest BCUT2D eigenvalue weighted by atomic mass is 35.5. The molecule has 4 nitrogen and oxygen atoms in total. The van der Waals surface area contributed by atoms with Crippen LogP contribution < -0.4 is 5.32 Å². The molecule has 0 aromatic heterocycles. The molecule has 4 rings (SSSR count). The van der Waals surface area contributed by atoms with Gasteiger partial charge in [0.2, 0.25) is 0 Å². The second-order valence-corrected chi connectivity index (χ2v) is 9.26. The summed E-state index contributed by atoms with van der Waals surface area (Å²) in [5, 5.41) is 23.7. The molecular formula is C24H22ClF4NO3. The third kappa shape index (κ3) is 3.69. The van der Waals surface area contributed by atoms with E-state index in [1.807, 2.05) is 0 Å². The average molecular weight is 484 g/mol. The van der Waals surface area contributed by atoms with Crippen molar-refractivity contribution in [2.45, 2.75) is 56.8 Å². The van der Waals surface area contributed by atoms with E-state index in [1.54, 1.807) is 32.0 Å². The predicted molar refractivity (Wildman–Crippen MR) is 116 cm³/mol. The Morgan fingerprint density at radius 2 is 1.70 bits per heavy atom. The molecule has 2 aliphatic rings. The van der Waals surface area contributed by atoms with Gasteiger partial charge in [-0.2, -0.15) is 13.2 Å². The average Bonchev–Trinajstić information content (AvgIpc) is 2.96. The zero-order valence-electron chi connectivity index (χ0n) is 17.9. The molecule has 0 unspecified atom stereocenters. The van der Waals surface area contributed by atoms with Gasteiger partial charge in [-0.3, -0.25) is 4.79 Å². The SMILES string of the molecule is Cc1ccc(-c2ccc(Cl)c(F)c2)c(C)c1C1=C(O)C2(CCC(O)(C(F)(F)F)CC2)NC1=O. The molecule has 1 aliphatic heterocycles. The van der Waals surface area contributed by atoms with E-state index in [0.29, 0.717) is 27.8 Å². The summed E-state index contributed by atoms with van der Waals surface area (Å²) in [4.78, 5) is 13.0. The van der Waals surface area contributed by atoms with Gasteiger partial charge in [0.15, 0.2) is 5.60 Å². The highest BCUT2D eigenvalue weighted by Crippen LogP contribution is 2.49. The molecule has 1 aliphatic carbocycles. The molecular weight excluding hydrogens is 462 g/mol. The number of aliphatic hydroxyl groups excluding tert-OH is 1. The van der Waals surface area contributed by atoms with Crippen molar-refractivity contribution in [1.29, 1.82) is 0 Å². The van der Waals surface area contributed by atoms with Gasteiger partial charge in [0.25, 0.3) is 5.91 Å². The summed E-state index contributed by atoms with van der Waals surface area (Å²) >= 11 is 5.78. The lowest BCUT2D eigenvalue weighted by Crippen LogP contribution is -2.56. The van der Waals surface area contributed by atoms with Crippen LogP contribution in [0.15, 0.2) is 36.1 Å². The molecule has 0 saturated heterocycles. The van der Waals surface area contributed by atoms with Crippen LogP contribution in [0.3, 0.4) is 0 Å². The number of nitrogens with one attached hydrogen (secondary N) is 1. The lowest BCUT2D eigenvalue weighted by molar-refractivity contribution is -0.272. The molecule has 33 heavy (non-hydrogen) atoms. The Hall–Kier alpha value is -2.58. The Balaban J connectivity index is 1.78. The predicted octanol–water partition coefficient (Wildman–Crippen LogP) is 5.77. The van der Waals surface area contributed by atoms with Crippen molar-refractivity contribution in [2.75, 3.05) is 0 Å². The number of hydrogen-bond acceptors (Lipinski definition) is 3. The Labute approximate surface area is 192 Å². The standard InChI is InChI=1S/C24H22ClF4NO3/c1-12-3-5-15(14-4-6-16(25)17(26)11-14)13(2)18(12)19-20(31)22(30-21(19)32)7-9-23(33,10-8-22)24(27,28)29/h3-6,11,31,33H,7-10H2,1-2H3,(H,30,32). The van der Waals surface area contributed by atoms with Gasteiger partial charge in [0.1, 0.15) is 11.6 Å². The summed E-state index contributed by atoms with van der Waals surface area (Å²) < 4.78 is 53.7. The van der Waals surface area contributed by atoms with Crippen LogP contribution in [-0.2, 0) is 4.79 Å². The number of aliphatic hydroxyl groups is 2. The highest BCUT2D eigenvalue weighted by molar-refractivity contribution is 6.30. The molecule has 1 spiro atoms. The summed E-state index contributed by atoms with van der Waals surface area (Å²) in [7, 11) is 0. The van der Waals surface area contributed by atoms with Crippen LogP contribution in [0.25, 0.3) is 16.7 Å². The molecule has 0 atom stereocenters. The first-order valence-electron chi connectivity index (χ1n) is 10.4. The maximum atomic E-state index is 14.0. The first-order chi connectivity index (χ1) is 15.3. The number of rotatable bonds is 2. The number of alkyl halides is 3. The van der Waals surface area contributed by atoms with Crippen molar-refractivity contribution >= 4 is 23.1 Å². The van der Waals surface area contributed by atoms with E-state index >= 15 is 0 Å². The van der Waals surface area contributed by atoms with Crippen molar-refractivity contribution in [3.8, 4) is 11.1 Å². The van der Waals surface area contributed by atoms with Crippen molar-refractivity contribution in [3.05, 3.63) is 63.6 Å². The van der Waals surface area contributed by atoms with Gasteiger partial charge in [0, 0.05) is 0 Å². The minimum atomic E-state index is -4.80. The minimum Gasteiger partial charge on any atom is -0.509 e. The summed E-state index contributed by atoms with van der Waals surface area (Å²) in [5.74, 6) is -1.53. The normalized spacial score (nSPS) is 25.6. The van der Waals surface area contributed by atoms with Crippen molar-refractivity contribution in [1.82, 2.24) is 5.32 Å². The molecule has 176 valence electrons. The zero-order valence-corrected chi connectivity index (χ0v) is 18.7. The number of benzene rings is 2. The third-order valence-electron chi connectivity index (χ3n) is 6.88. The quantitative estimate of drug-likeness (QED) is 0.475. The topological polar surface area (TPSA) is 69.6 Å². The highest BCUT2D eigenvalue weighted by Gasteiger charge is 2.60. The van der Waals surface area contributed by atoms with Crippen LogP contribution in [0, 0.1) is 19.7 Å². The molecule has 2 aromatic rings. The van der Waals surface area contributed by atoms with E-state index in [1.165, 1.54) is 12.1 Å². The van der Waals surface area contributed by atoms with Gasteiger partial charge in [-0.15, -0.1) is 0 Å². The minimum absolute atomic E-state index is 0.0151. The van der Waals surface area contributed by atoms with Gasteiger partial charge in [0.05, 0.1) is 16.1 Å². The molecule has 0 radical (unpaired) electrons. The lowest BCUT2D eigenvalue weighted by atomic mass is 9.73. The van der Waals surface area contributed by atoms with E-state index in [4.69, 9.17) is 11.6 Å². The van der Waals surface area contributed by atoms with Gasteiger partial charge < -0.3 is 15.5 Å². The fourth-order valence-corrected chi connectivity index (χ4v) is 4.98. The molecule has 2 aromatic carbocycles. The smallest absolute Gasteiger partial charge is 0.417 e. The van der Waals surface area contributed by atoms with Crippen LogP contribution in [0.2, 0.25) is 5.02 Å². The molecule has 1 saturated carbocycles. The number of aryl methyl sites for hydroxylation is 1. The molecule has 1 amide bonds. The number of halogens is 5. The second-order valence-electron chi connectivity index (χ2n) is 8.85. The number of carbonyl (C=O) groups is 1. The maximum Gasteiger partial charge on any atom is 0.417 e. The monoisotopic (exact) mass is 483 g/mol. The van der Waals surface area contributed by atoms with Crippen LogP contribution in [0.5, 0.6) is 0 Å². The van der Waals surface area contributed by atoms with Crippen molar-refractivity contribution in [2.24, 2.45) is 0 Å². The zero-order chi connectivity index (χ0) is 24.3. The van der Waals surface area contributed by atoms with Crippen LogP contribution in [0.4, 0.5) is 17.6 Å². The summed E-state index contributed by atoms with van der Waals surface area (Å²) in [6.07, 6.45) is -6.60. The second kappa shape index (κ2) is 7.74. The van der Waals surface area contributed by atoms with Gasteiger partial charge >= 0.3 is 6.18 Å². The van der Waals surface area contributed by atoms with E-state index in [2.05, 4.69) is 5.32 Å². The fourth-order valence-electron chi connectivity index (χ4n) is 4.86. The number of amides is 1. The summed E-state index contributed by atoms with van der Waals surface area (Å²) in [6.45, 7) is 3.47. The van der Waals surface area contributed by atoms with Crippen LogP contribution >= 0.6 is 11.6 Å². The Bertz CT molecular complexity index is 1180. The van der Waals surface area contributed by atoms with Gasteiger partial charge in [-0.1, -0.05) is 29.8 Å². The number of carbonyl (C=O) groups excluding carboxylic acids is 1. The van der Waals surface area contributed by atoms with E-state index < -0.39 is 41.9 Å². The largest absolute Gasteiger partial charge is 0.509 e. The van der Waals surface area contributed by atoms with Gasteiger partial charge in [-0.25, -0.2) is 4.39 Å². The molecule has 9 heteroatoms. The van der Waals surface area contributed by atoms with E-state index in [-0.39, 0.29) is 29.2 Å². The Kier molecular flexibility index (Phi) is 5.53. The van der Waals surface area contributed by atoms with Crippen LogP contribution in [-0.4, -0.2) is 33.4 Å². The van der Waals surface area contributed by atoms with Gasteiger partial charge in [-0.05, 0) is 79.5 Å². The summed E-state index contributed by atoms with van der Waals surface area (Å²) in [6, 6.07) is 7.82. The first kappa shape index (κ1) is 23.6. The maximum absolute atomic E-state index is 14.0. The molecule has 3 N–H and O–H groups in total. The van der Waals surface area contributed by atoms with E-state index in [0.717, 1.165) is 0 Å². The molecule has 1 heterocycles. The fraction of sp³-hybridized carbons (Fsp3) is 0.375. The van der Waals surface area contributed by atoms with Crippen LogP contribution in [0.1, 0.15) is 42.4 Å².